The summed E-state index contributed by atoms with van der Waals surface area (Å²) in [6.45, 7) is 5.76. The first-order chi connectivity index (χ1) is 10.5. The second-order valence-corrected chi connectivity index (χ2v) is 5.17. The molecule has 4 atom stereocenters. The van der Waals surface area contributed by atoms with E-state index in [-0.39, 0.29) is 6.61 Å². The van der Waals surface area contributed by atoms with E-state index in [9.17, 15) is 19.2 Å². The van der Waals surface area contributed by atoms with Crippen LogP contribution >= 0.6 is 0 Å². The second kappa shape index (κ2) is 7.40. The van der Waals surface area contributed by atoms with E-state index in [1.165, 1.54) is 13.8 Å². The van der Waals surface area contributed by atoms with Crippen LogP contribution in [0.2, 0.25) is 0 Å². The highest BCUT2D eigenvalue weighted by Gasteiger charge is 2.55. The smallest absolute Gasteiger partial charge is 0.305 e. The van der Waals surface area contributed by atoms with Crippen LogP contribution < -0.4 is 0 Å². The van der Waals surface area contributed by atoms with Crippen LogP contribution in [0.5, 0.6) is 0 Å². The first-order valence-electron chi connectivity index (χ1n) is 6.90. The molecule has 1 fully saturated rings. The van der Waals surface area contributed by atoms with Gasteiger partial charge in [0.15, 0.2) is 12.2 Å². The monoisotopic (exact) mass is 332 g/mol. The molecule has 1 aliphatic rings. The van der Waals surface area contributed by atoms with E-state index in [0.29, 0.717) is 0 Å². The fraction of sp³-hybridized carbons (Fsp3) is 0.714. The van der Waals surface area contributed by atoms with Crippen LogP contribution in [-0.2, 0) is 42.9 Å². The van der Waals surface area contributed by atoms with Crippen LogP contribution in [0, 0.1) is 0 Å². The van der Waals surface area contributed by atoms with Gasteiger partial charge in [-0.15, -0.1) is 0 Å². The highest BCUT2D eigenvalue weighted by Crippen LogP contribution is 2.33. The minimum absolute atomic E-state index is 0.209. The predicted molar refractivity (Wildman–Crippen MR) is 72.8 cm³/mol. The maximum atomic E-state index is 11.4. The number of rotatable bonds is 4. The van der Waals surface area contributed by atoms with Crippen molar-refractivity contribution in [2.24, 2.45) is 0 Å². The molecule has 0 saturated carbocycles. The highest BCUT2D eigenvalue weighted by atomic mass is 16.8. The zero-order valence-corrected chi connectivity index (χ0v) is 13.6. The standard InChI is InChI=1S/C14H20O9/c1-7(15)20-11-6-19-14(5,23-10(4)18)13(22-9(3)17)12(11)21-8(2)16/h11-13H,6H2,1-5H3. The van der Waals surface area contributed by atoms with Gasteiger partial charge < -0.3 is 23.7 Å². The van der Waals surface area contributed by atoms with E-state index in [1.54, 1.807) is 0 Å². The highest BCUT2D eigenvalue weighted by molar-refractivity contribution is 5.69. The number of hydrogen-bond acceptors (Lipinski definition) is 9. The summed E-state index contributed by atoms with van der Waals surface area (Å²) < 4.78 is 25.8. The minimum atomic E-state index is -1.69. The third kappa shape index (κ3) is 5.20. The molecule has 0 aromatic rings. The lowest BCUT2D eigenvalue weighted by atomic mass is 9.97. The molecule has 9 heteroatoms. The van der Waals surface area contributed by atoms with Gasteiger partial charge in [-0.1, -0.05) is 0 Å². The zero-order valence-electron chi connectivity index (χ0n) is 13.6. The van der Waals surface area contributed by atoms with Crippen molar-refractivity contribution in [2.75, 3.05) is 6.61 Å². The maximum Gasteiger partial charge on any atom is 0.305 e. The Morgan fingerprint density at radius 3 is 1.83 bits per heavy atom. The molecule has 0 N–H and O–H groups in total. The average molecular weight is 332 g/mol. The van der Waals surface area contributed by atoms with E-state index in [2.05, 4.69) is 0 Å². The quantitative estimate of drug-likeness (QED) is 0.522. The summed E-state index contributed by atoms with van der Waals surface area (Å²) in [5.41, 5.74) is 0. The van der Waals surface area contributed by atoms with E-state index in [4.69, 9.17) is 23.7 Å². The van der Waals surface area contributed by atoms with E-state index >= 15 is 0 Å². The number of carbonyl (C=O) groups excluding carboxylic acids is 4. The summed E-state index contributed by atoms with van der Waals surface area (Å²) in [5.74, 6) is -4.39. The van der Waals surface area contributed by atoms with Gasteiger partial charge in [0, 0.05) is 34.6 Å². The fourth-order valence-corrected chi connectivity index (χ4v) is 2.29. The molecular formula is C14H20O9. The molecule has 130 valence electrons. The van der Waals surface area contributed by atoms with Crippen molar-refractivity contribution >= 4 is 23.9 Å². The Kier molecular flexibility index (Phi) is 6.08. The first kappa shape index (κ1) is 18.9. The Balaban J connectivity index is 3.18. The number of hydrogen-bond donors (Lipinski definition) is 0. The summed E-state index contributed by atoms with van der Waals surface area (Å²) in [6.07, 6.45) is -3.49. The van der Waals surface area contributed by atoms with Crippen LogP contribution in [-0.4, -0.2) is 54.6 Å². The normalized spacial score (nSPS) is 30.0. The molecule has 1 aliphatic heterocycles. The average Bonchev–Trinajstić information content (AvgIpc) is 2.35. The van der Waals surface area contributed by atoms with E-state index in [1.807, 2.05) is 0 Å². The Morgan fingerprint density at radius 2 is 1.39 bits per heavy atom. The molecular weight excluding hydrogens is 312 g/mol. The van der Waals surface area contributed by atoms with Crippen molar-refractivity contribution < 1.29 is 42.9 Å². The summed E-state index contributed by atoms with van der Waals surface area (Å²) in [7, 11) is 0. The molecule has 9 nitrogen and oxygen atoms in total. The summed E-state index contributed by atoms with van der Waals surface area (Å²) in [5, 5.41) is 0. The largest absolute Gasteiger partial charge is 0.456 e. The predicted octanol–water partition coefficient (Wildman–Crippen LogP) is 0.0910. The molecule has 1 saturated heterocycles. The van der Waals surface area contributed by atoms with Crippen molar-refractivity contribution in [3.63, 3.8) is 0 Å². The Bertz CT molecular complexity index is 500. The van der Waals surface area contributed by atoms with Gasteiger partial charge in [0.2, 0.25) is 6.10 Å². The van der Waals surface area contributed by atoms with Crippen molar-refractivity contribution in [1.82, 2.24) is 0 Å². The van der Waals surface area contributed by atoms with Gasteiger partial charge in [-0.2, -0.15) is 0 Å². The summed E-state index contributed by atoms with van der Waals surface area (Å²) in [6, 6.07) is 0. The third-order valence-electron chi connectivity index (χ3n) is 2.97. The number of ether oxygens (including phenoxy) is 5. The van der Waals surface area contributed by atoms with Crippen LogP contribution in [0.15, 0.2) is 0 Å². The Morgan fingerprint density at radius 1 is 0.870 bits per heavy atom. The van der Waals surface area contributed by atoms with Gasteiger partial charge in [0.25, 0.3) is 5.79 Å². The van der Waals surface area contributed by atoms with Gasteiger partial charge in [0.05, 0.1) is 6.61 Å². The fourth-order valence-electron chi connectivity index (χ4n) is 2.29. The molecule has 0 spiro atoms. The molecule has 1 rings (SSSR count). The van der Waals surface area contributed by atoms with Crippen LogP contribution in [0.25, 0.3) is 0 Å². The maximum absolute atomic E-state index is 11.4. The Hall–Kier alpha value is -2.16. The zero-order chi connectivity index (χ0) is 17.8. The SMILES string of the molecule is CC(=O)OC1COC(C)(OC(C)=O)C(OC(C)=O)C1OC(C)=O. The molecule has 4 unspecified atom stereocenters. The molecule has 0 amide bonds. The van der Waals surface area contributed by atoms with Crippen LogP contribution in [0.3, 0.4) is 0 Å². The van der Waals surface area contributed by atoms with Gasteiger partial charge in [-0.25, -0.2) is 0 Å². The summed E-state index contributed by atoms with van der Waals surface area (Å²) in [4.78, 5) is 45.2. The molecule has 0 aliphatic carbocycles. The van der Waals surface area contributed by atoms with Crippen molar-refractivity contribution in [2.45, 2.75) is 58.7 Å². The number of carbonyl (C=O) groups is 4. The third-order valence-corrected chi connectivity index (χ3v) is 2.97. The van der Waals surface area contributed by atoms with Crippen LogP contribution in [0.4, 0.5) is 0 Å². The second-order valence-electron chi connectivity index (χ2n) is 5.17. The Labute approximate surface area is 133 Å². The molecule has 1 heterocycles. The molecule has 23 heavy (non-hydrogen) atoms. The van der Waals surface area contributed by atoms with Gasteiger partial charge >= 0.3 is 23.9 Å². The molecule has 0 aromatic carbocycles. The van der Waals surface area contributed by atoms with Gasteiger partial charge in [-0.05, 0) is 0 Å². The van der Waals surface area contributed by atoms with E-state index in [0.717, 1.165) is 20.8 Å². The lowest BCUT2D eigenvalue weighted by Crippen LogP contribution is -2.64. The van der Waals surface area contributed by atoms with Crippen molar-refractivity contribution in [3.05, 3.63) is 0 Å². The van der Waals surface area contributed by atoms with Crippen molar-refractivity contribution in [1.29, 1.82) is 0 Å². The first-order valence-corrected chi connectivity index (χ1v) is 6.90. The molecule has 0 bridgehead atoms. The van der Waals surface area contributed by atoms with Gasteiger partial charge in [0.1, 0.15) is 0 Å². The van der Waals surface area contributed by atoms with Gasteiger partial charge in [-0.3, -0.25) is 19.2 Å². The van der Waals surface area contributed by atoms with Crippen LogP contribution in [0.1, 0.15) is 34.6 Å². The molecule has 0 radical (unpaired) electrons. The minimum Gasteiger partial charge on any atom is -0.456 e. The van der Waals surface area contributed by atoms with Crippen molar-refractivity contribution in [3.8, 4) is 0 Å². The lowest BCUT2D eigenvalue weighted by molar-refractivity contribution is -0.321. The lowest BCUT2D eigenvalue weighted by Gasteiger charge is -2.45. The topological polar surface area (TPSA) is 114 Å². The summed E-state index contributed by atoms with van der Waals surface area (Å²) >= 11 is 0. The van der Waals surface area contributed by atoms with E-state index < -0.39 is 48.0 Å². The molecule has 0 aromatic heterocycles. The number of esters is 4.